The maximum atomic E-state index is 13.3. The summed E-state index contributed by atoms with van der Waals surface area (Å²) < 4.78 is 36.4. The second kappa shape index (κ2) is 7.90. The zero-order chi connectivity index (χ0) is 15.1. The first-order chi connectivity index (χ1) is 10.1. The molecule has 0 radical (unpaired) electrons. The summed E-state index contributed by atoms with van der Waals surface area (Å²) in [5, 5.41) is 5.85. The minimum absolute atomic E-state index is 0.0224. The average Bonchev–Trinajstić information content (AvgIpc) is 2.46. The lowest BCUT2D eigenvalue weighted by atomic mass is 10.2. The van der Waals surface area contributed by atoms with Crippen LogP contribution in [0.4, 0.5) is 8.78 Å². The van der Waals surface area contributed by atoms with E-state index < -0.39 is 11.6 Å². The fraction of sp³-hybridized carbons (Fsp3) is 0.500. The van der Waals surface area contributed by atoms with Crippen molar-refractivity contribution in [3.63, 3.8) is 0 Å². The van der Waals surface area contributed by atoms with Crippen LogP contribution in [0, 0.1) is 11.6 Å². The van der Waals surface area contributed by atoms with E-state index in [2.05, 4.69) is 10.6 Å². The van der Waals surface area contributed by atoms with E-state index in [0.717, 1.165) is 18.7 Å². The third kappa shape index (κ3) is 5.28. The summed E-state index contributed by atoms with van der Waals surface area (Å²) in [7, 11) is 0. The highest BCUT2D eigenvalue weighted by molar-refractivity contribution is 5.76. The molecule has 1 fully saturated rings. The summed E-state index contributed by atoms with van der Waals surface area (Å²) >= 11 is 0. The van der Waals surface area contributed by atoms with E-state index in [1.54, 1.807) is 0 Å². The Bertz CT molecular complexity index is 479. The largest absolute Gasteiger partial charge is 0.489 e. The number of ether oxygens (including phenoxy) is 2. The molecule has 21 heavy (non-hydrogen) atoms. The molecule has 0 saturated carbocycles. The summed E-state index contributed by atoms with van der Waals surface area (Å²) in [6.45, 7) is 2.29. The molecule has 1 atom stereocenters. The van der Waals surface area contributed by atoms with Gasteiger partial charge in [0, 0.05) is 25.1 Å². The molecule has 1 aliphatic heterocycles. The van der Waals surface area contributed by atoms with Gasteiger partial charge >= 0.3 is 0 Å². The van der Waals surface area contributed by atoms with E-state index >= 15 is 0 Å². The number of nitrogens with one attached hydrogen (secondary N) is 2. The van der Waals surface area contributed by atoms with Gasteiger partial charge in [0.1, 0.15) is 12.4 Å². The van der Waals surface area contributed by atoms with Crippen molar-refractivity contribution >= 4 is 5.91 Å². The molecule has 0 aromatic heterocycles. The van der Waals surface area contributed by atoms with E-state index in [1.165, 1.54) is 6.07 Å². The monoisotopic (exact) mass is 300 g/mol. The van der Waals surface area contributed by atoms with E-state index in [4.69, 9.17) is 9.47 Å². The van der Waals surface area contributed by atoms with Crippen LogP contribution in [0.25, 0.3) is 0 Å². The molecule has 7 heteroatoms. The Morgan fingerprint density at radius 2 is 2.33 bits per heavy atom. The van der Waals surface area contributed by atoms with Crippen molar-refractivity contribution in [1.29, 1.82) is 0 Å². The van der Waals surface area contributed by atoms with Crippen LogP contribution in [-0.4, -0.2) is 44.9 Å². The summed E-state index contributed by atoms with van der Waals surface area (Å²) in [4.78, 5) is 11.6. The molecule has 1 unspecified atom stereocenters. The van der Waals surface area contributed by atoms with Crippen molar-refractivity contribution in [2.24, 2.45) is 0 Å². The van der Waals surface area contributed by atoms with E-state index in [-0.39, 0.29) is 30.9 Å². The number of carbonyl (C=O) groups is 1. The van der Waals surface area contributed by atoms with Gasteiger partial charge in [-0.15, -0.1) is 0 Å². The number of rotatable bonds is 6. The van der Waals surface area contributed by atoms with E-state index in [1.807, 2.05) is 0 Å². The third-order valence-corrected chi connectivity index (χ3v) is 3.01. The SMILES string of the molecule is O=C(CC1COCCN1)NCCOc1ccc(F)cc1F. The van der Waals surface area contributed by atoms with Crippen LogP contribution in [0.1, 0.15) is 6.42 Å². The summed E-state index contributed by atoms with van der Waals surface area (Å²) in [6.07, 6.45) is 0.324. The summed E-state index contributed by atoms with van der Waals surface area (Å²) in [5.74, 6) is -1.57. The zero-order valence-corrected chi connectivity index (χ0v) is 11.5. The van der Waals surface area contributed by atoms with Crippen LogP contribution in [0.15, 0.2) is 18.2 Å². The molecule has 2 rings (SSSR count). The number of halogens is 2. The first-order valence-electron chi connectivity index (χ1n) is 6.81. The number of hydrogen-bond acceptors (Lipinski definition) is 4. The van der Waals surface area contributed by atoms with Crippen molar-refractivity contribution in [2.75, 3.05) is 32.9 Å². The minimum atomic E-state index is -0.759. The Morgan fingerprint density at radius 3 is 3.05 bits per heavy atom. The third-order valence-electron chi connectivity index (χ3n) is 3.01. The smallest absolute Gasteiger partial charge is 0.221 e. The van der Waals surface area contributed by atoms with Crippen molar-refractivity contribution < 1.29 is 23.0 Å². The zero-order valence-electron chi connectivity index (χ0n) is 11.5. The maximum Gasteiger partial charge on any atom is 0.221 e. The van der Waals surface area contributed by atoms with Crippen LogP contribution < -0.4 is 15.4 Å². The van der Waals surface area contributed by atoms with E-state index in [9.17, 15) is 13.6 Å². The Labute approximate surface area is 121 Å². The fourth-order valence-corrected chi connectivity index (χ4v) is 1.99. The van der Waals surface area contributed by atoms with Crippen LogP contribution in [-0.2, 0) is 9.53 Å². The molecule has 116 valence electrons. The van der Waals surface area contributed by atoms with Gasteiger partial charge in [-0.25, -0.2) is 8.78 Å². The minimum Gasteiger partial charge on any atom is -0.489 e. The second-order valence-electron chi connectivity index (χ2n) is 4.70. The van der Waals surface area contributed by atoms with E-state index in [0.29, 0.717) is 19.6 Å². The first kappa shape index (κ1) is 15.7. The quantitative estimate of drug-likeness (QED) is 0.764. The van der Waals surface area contributed by atoms with Gasteiger partial charge in [-0.1, -0.05) is 0 Å². The highest BCUT2D eigenvalue weighted by Gasteiger charge is 2.16. The summed E-state index contributed by atoms with van der Waals surface area (Å²) in [6, 6.07) is 3.11. The molecule has 1 aromatic carbocycles. The van der Waals surface area contributed by atoms with Crippen LogP contribution in [0.5, 0.6) is 5.75 Å². The number of carbonyl (C=O) groups excluding carboxylic acids is 1. The lowest BCUT2D eigenvalue weighted by Gasteiger charge is -2.23. The first-order valence-corrected chi connectivity index (χ1v) is 6.81. The van der Waals surface area contributed by atoms with Crippen LogP contribution >= 0.6 is 0 Å². The van der Waals surface area contributed by atoms with Crippen LogP contribution in [0.3, 0.4) is 0 Å². The lowest BCUT2D eigenvalue weighted by Crippen LogP contribution is -2.44. The van der Waals surface area contributed by atoms with Gasteiger partial charge in [0.2, 0.25) is 5.91 Å². The van der Waals surface area contributed by atoms with Crippen molar-refractivity contribution in [3.05, 3.63) is 29.8 Å². The Hall–Kier alpha value is -1.73. The van der Waals surface area contributed by atoms with Gasteiger partial charge < -0.3 is 20.1 Å². The predicted octanol–water partition coefficient (Wildman–Crippen LogP) is 0.838. The highest BCUT2D eigenvalue weighted by Crippen LogP contribution is 2.17. The standard InChI is InChI=1S/C14H18F2N2O3/c15-10-1-2-13(12(16)7-10)21-6-4-18-14(19)8-11-9-20-5-3-17-11/h1-2,7,11,17H,3-6,8-9H2,(H,18,19). The molecule has 1 aromatic rings. The molecular formula is C14H18F2N2O3. The molecule has 0 bridgehead atoms. The molecule has 1 amide bonds. The van der Waals surface area contributed by atoms with Gasteiger partial charge in [0.15, 0.2) is 11.6 Å². The molecule has 1 aliphatic rings. The highest BCUT2D eigenvalue weighted by atomic mass is 19.1. The van der Waals surface area contributed by atoms with Gasteiger partial charge in [0.05, 0.1) is 19.8 Å². The molecule has 1 heterocycles. The Morgan fingerprint density at radius 1 is 1.48 bits per heavy atom. The number of morpholine rings is 1. The summed E-state index contributed by atoms with van der Waals surface area (Å²) in [5.41, 5.74) is 0. The van der Waals surface area contributed by atoms with Crippen LogP contribution in [0.2, 0.25) is 0 Å². The molecule has 1 saturated heterocycles. The fourth-order valence-electron chi connectivity index (χ4n) is 1.99. The average molecular weight is 300 g/mol. The number of hydrogen-bond donors (Lipinski definition) is 2. The topological polar surface area (TPSA) is 59.6 Å². The Balaban J connectivity index is 1.63. The Kier molecular flexibility index (Phi) is 5.89. The van der Waals surface area contributed by atoms with Gasteiger partial charge in [-0.3, -0.25) is 4.79 Å². The molecular weight excluding hydrogens is 282 g/mol. The number of amides is 1. The lowest BCUT2D eigenvalue weighted by molar-refractivity contribution is -0.122. The van der Waals surface area contributed by atoms with Crippen molar-refractivity contribution in [3.8, 4) is 5.75 Å². The van der Waals surface area contributed by atoms with Gasteiger partial charge in [-0.05, 0) is 12.1 Å². The normalized spacial score (nSPS) is 18.3. The second-order valence-corrected chi connectivity index (χ2v) is 4.70. The maximum absolute atomic E-state index is 13.3. The molecule has 5 nitrogen and oxygen atoms in total. The number of benzene rings is 1. The van der Waals surface area contributed by atoms with Crippen molar-refractivity contribution in [1.82, 2.24) is 10.6 Å². The van der Waals surface area contributed by atoms with Crippen molar-refractivity contribution in [2.45, 2.75) is 12.5 Å². The van der Waals surface area contributed by atoms with Gasteiger partial charge in [0.25, 0.3) is 0 Å². The van der Waals surface area contributed by atoms with Gasteiger partial charge in [-0.2, -0.15) is 0 Å². The predicted molar refractivity (Wildman–Crippen MR) is 72.1 cm³/mol. The molecule has 0 spiro atoms. The molecule has 2 N–H and O–H groups in total. The molecule has 0 aliphatic carbocycles.